The Bertz CT molecular complexity index is 1170. The van der Waals surface area contributed by atoms with Crippen LogP contribution in [0, 0.1) is 0 Å². The third-order valence-corrected chi connectivity index (χ3v) is 5.34. The smallest absolute Gasteiger partial charge is 0.337 e. The molecule has 0 fully saturated rings. The summed E-state index contributed by atoms with van der Waals surface area (Å²) in [7, 11) is 2.94. The Hall–Kier alpha value is -3.02. The second-order valence-electron chi connectivity index (χ2n) is 6.73. The predicted octanol–water partition coefficient (Wildman–Crippen LogP) is 5.36. The number of aromatic nitrogens is 1. The maximum Gasteiger partial charge on any atom is 0.337 e. The second kappa shape index (κ2) is 10.3. The van der Waals surface area contributed by atoms with Gasteiger partial charge in [0.15, 0.2) is 0 Å². The molecule has 7 heteroatoms. The number of aryl methyl sites for hydroxylation is 1. The predicted molar refractivity (Wildman–Crippen MR) is 124 cm³/mol. The van der Waals surface area contributed by atoms with Gasteiger partial charge in [-0.3, -0.25) is 4.79 Å². The molecule has 3 rings (SSSR count). The summed E-state index contributed by atoms with van der Waals surface area (Å²) in [5, 5.41) is 0.439. The van der Waals surface area contributed by atoms with Crippen LogP contribution in [0.5, 0.6) is 5.75 Å². The van der Waals surface area contributed by atoms with E-state index in [1.165, 1.54) is 13.2 Å². The summed E-state index contributed by atoms with van der Waals surface area (Å²) < 4.78 is 11.5. The summed E-state index contributed by atoms with van der Waals surface area (Å²) in [4.78, 5) is 24.3. The lowest BCUT2D eigenvalue weighted by Crippen LogP contribution is -2.24. The summed E-state index contributed by atoms with van der Waals surface area (Å²) in [5.74, 6) is 0.339. The van der Waals surface area contributed by atoms with E-state index in [-0.39, 0.29) is 10.6 Å². The molecule has 31 heavy (non-hydrogen) atoms. The van der Waals surface area contributed by atoms with Crippen LogP contribution in [0.2, 0.25) is 10.0 Å². The Kier molecular flexibility index (Phi) is 7.55. The monoisotopic (exact) mass is 457 g/mol. The van der Waals surface area contributed by atoms with E-state index in [4.69, 9.17) is 32.7 Å². The summed E-state index contributed by atoms with van der Waals surface area (Å²) in [6, 6.07) is 16.0. The first-order chi connectivity index (χ1) is 14.9. The van der Waals surface area contributed by atoms with E-state index < -0.39 is 5.97 Å². The standard InChI is InChI=1S/C24H21Cl2NO4/c1-30-19-5-3-4-17(14-19)8-11-22-20(25)15-21(26)23(28)27(22)13-12-16-6-9-18(10-7-16)24(29)31-2/h3-11,14-15H,12-13H2,1-2H3/b11-8+. The maximum atomic E-state index is 12.7. The first-order valence-electron chi connectivity index (χ1n) is 9.51. The van der Waals surface area contributed by atoms with Crippen molar-refractivity contribution in [3.63, 3.8) is 0 Å². The van der Waals surface area contributed by atoms with E-state index in [1.54, 1.807) is 29.9 Å². The fourth-order valence-corrected chi connectivity index (χ4v) is 3.63. The van der Waals surface area contributed by atoms with Crippen molar-refractivity contribution < 1.29 is 14.3 Å². The zero-order valence-corrected chi connectivity index (χ0v) is 18.6. The van der Waals surface area contributed by atoms with E-state index in [2.05, 4.69) is 0 Å². The molecule has 1 aromatic heterocycles. The van der Waals surface area contributed by atoms with Gasteiger partial charge in [0, 0.05) is 6.54 Å². The number of benzene rings is 2. The van der Waals surface area contributed by atoms with Crippen molar-refractivity contribution in [3.8, 4) is 5.75 Å². The number of pyridine rings is 1. The SMILES string of the molecule is COC(=O)c1ccc(CCn2c(/C=C/c3cccc(OC)c3)c(Cl)cc(Cl)c2=O)cc1. The number of halogens is 2. The Morgan fingerprint density at radius 1 is 1.00 bits per heavy atom. The molecule has 0 bridgehead atoms. The molecule has 0 saturated carbocycles. The van der Waals surface area contributed by atoms with Crippen molar-refractivity contribution in [3.05, 3.63) is 97.4 Å². The highest BCUT2D eigenvalue weighted by Gasteiger charge is 2.12. The van der Waals surface area contributed by atoms with Crippen LogP contribution in [-0.2, 0) is 17.7 Å². The molecular formula is C24H21Cl2NO4. The molecule has 0 unspecified atom stereocenters. The molecule has 3 aromatic rings. The fraction of sp³-hybridized carbons (Fsp3) is 0.167. The highest BCUT2D eigenvalue weighted by atomic mass is 35.5. The zero-order chi connectivity index (χ0) is 22.4. The first-order valence-corrected chi connectivity index (χ1v) is 10.3. The maximum absolute atomic E-state index is 12.7. The minimum Gasteiger partial charge on any atom is -0.497 e. The Balaban J connectivity index is 1.88. The van der Waals surface area contributed by atoms with E-state index in [0.717, 1.165) is 16.9 Å². The molecule has 0 amide bonds. The number of hydrogen-bond donors (Lipinski definition) is 0. The van der Waals surface area contributed by atoms with Crippen molar-refractivity contribution in [1.82, 2.24) is 4.57 Å². The third kappa shape index (κ3) is 5.57. The Morgan fingerprint density at radius 2 is 1.74 bits per heavy atom. The normalized spacial score (nSPS) is 11.0. The molecule has 1 heterocycles. The molecule has 0 aliphatic rings. The highest BCUT2D eigenvalue weighted by molar-refractivity contribution is 6.35. The van der Waals surface area contributed by atoms with Crippen LogP contribution < -0.4 is 10.3 Å². The van der Waals surface area contributed by atoms with Crippen molar-refractivity contribution in [2.24, 2.45) is 0 Å². The molecule has 0 spiro atoms. The molecular weight excluding hydrogens is 437 g/mol. The van der Waals surface area contributed by atoms with Crippen LogP contribution >= 0.6 is 23.2 Å². The molecule has 0 aliphatic carbocycles. The first kappa shape index (κ1) is 22.7. The Morgan fingerprint density at radius 3 is 2.42 bits per heavy atom. The fourth-order valence-electron chi connectivity index (χ4n) is 3.09. The number of hydrogen-bond acceptors (Lipinski definition) is 4. The topological polar surface area (TPSA) is 57.5 Å². The quantitative estimate of drug-likeness (QED) is 0.447. The summed E-state index contributed by atoms with van der Waals surface area (Å²) in [5.41, 5.74) is 2.57. The average Bonchev–Trinajstić information content (AvgIpc) is 2.79. The summed E-state index contributed by atoms with van der Waals surface area (Å²) >= 11 is 12.5. The highest BCUT2D eigenvalue weighted by Crippen LogP contribution is 2.22. The van der Waals surface area contributed by atoms with Gasteiger partial charge >= 0.3 is 5.97 Å². The van der Waals surface area contributed by atoms with Crippen LogP contribution in [0.25, 0.3) is 12.2 Å². The number of esters is 1. The van der Waals surface area contributed by atoms with Gasteiger partial charge < -0.3 is 14.0 Å². The van der Waals surface area contributed by atoms with Crippen LogP contribution in [0.1, 0.15) is 27.2 Å². The lowest BCUT2D eigenvalue weighted by molar-refractivity contribution is 0.0600. The van der Waals surface area contributed by atoms with Crippen molar-refractivity contribution >= 4 is 41.3 Å². The van der Waals surface area contributed by atoms with E-state index in [1.807, 2.05) is 42.5 Å². The molecule has 5 nitrogen and oxygen atoms in total. The van der Waals surface area contributed by atoms with Gasteiger partial charge in [-0.2, -0.15) is 0 Å². The number of ether oxygens (including phenoxy) is 2. The van der Waals surface area contributed by atoms with Gasteiger partial charge in [0.05, 0.1) is 30.5 Å². The van der Waals surface area contributed by atoms with Gasteiger partial charge in [-0.25, -0.2) is 4.79 Å². The molecule has 0 atom stereocenters. The summed E-state index contributed by atoms with van der Waals surface area (Å²) in [6.45, 7) is 0.370. The second-order valence-corrected chi connectivity index (χ2v) is 7.55. The molecule has 2 aromatic carbocycles. The number of carbonyl (C=O) groups is 1. The van der Waals surface area contributed by atoms with Gasteiger partial charge in [0.2, 0.25) is 0 Å². The van der Waals surface area contributed by atoms with Crippen LogP contribution in [0.3, 0.4) is 0 Å². The largest absolute Gasteiger partial charge is 0.497 e. The van der Waals surface area contributed by atoms with Crippen LogP contribution in [0.4, 0.5) is 0 Å². The van der Waals surface area contributed by atoms with E-state index in [0.29, 0.717) is 29.2 Å². The third-order valence-electron chi connectivity index (χ3n) is 4.76. The minimum absolute atomic E-state index is 0.0598. The van der Waals surface area contributed by atoms with E-state index >= 15 is 0 Å². The molecule has 0 N–H and O–H groups in total. The molecule has 0 radical (unpaired) electrons. The summed E-state index contributed by atoms with van der Waals surface area (Å²) in [6.07, 6.45) is 4.20. The molecule has 0 aliphatic heterocycles. The minimum atomic E-state index is -0.394. The average molecular weight is 458 g/mol. The van der Waals surface area contributed by atoms with Crippen molar-refractivity contribution in [2.45, 2.75) is 13.0 Å². The zero-order valence-electron chi connectivity index (χ0n) is 17.1. The molecule has 0 saturated heterocycles. The van der Waals surface area contributed by atoms with Crippen molar-refractivity contribution in [1.29, 1.82) is 0 Å². The van der Waals surface area contributed by atoms with Crippen molar-refractivity contribution in [2.75, 3.05) is 14.2 Å². The molecule has 160 valence electrons. The van der Waals surface area contributed by atoms with Crippen LogP contribution in [-0.4, -0.2) is 24.8 Å². The van der Waals surface area contributed by atoms with Gasteiger partial charge in [0.1, 0.15) is 10.8 Å². The Labute approximate surface area is 190 Å². The van der Waals surface area contributed by atoms with E-state index in [9.17, 15) is 9.59 Å². The van der Waals surface area contributed by atoms with Crippen LogP contribution in [0.15, 0.2) is 59.4 Å². The van der Waals surface area contributed by atoms with Gasteiger partial charge in [-0.1, -0.05) is 53.5 Å². The van der Waals surface area contributed by atoms with Gasteiger partial charge in [-0.15, -0.1) is 0 Å². The number of carbonyl (C=O) groups excluding carboxylic acids is 1. The lowest BCUT2D eigenvalue weighted by atomic mass is 10.1. The number of methoxy groups -OCH3 is 2. The number of rotatable bonds is 7. The van der Waals surface area contributed by atoms with Gasteiger partial charge in [0.25, 0.3) is 5.56 Å². The lowest BCUT2D eigenvalue weighted by Gasteiger charge is -2.13. The number of nitrogens with zero attached hydrogens (tertiary/aromatic N) is 1. The van der Waals surface area contributed by atoms with Gasteiger partial charge in [-0.05, 0) is 54.0 Å².